The van der Waals surface area contributed by atoms with Gasteiger partial charge in [-0.1, -0.05) is 0 Å². The van der Waals surface area contributed by atoms with Crippen molar-refractivity contribution in [1.82, 2.24) is 15.1 Å². The van der Waals surface area contributed by atoms with E-state index >= 15 is 0 Å². The second-order valence-corrected chi connectivity index (χ2v) is 4.28. The van der Waals surface area contributed by atoms with Crippen molar-refractivity contribution in [3.05, 3.63) is 54.3 Å². The maximum absolute atomic E-state index is 12.0. The van der Waals surface area contributed by atoms with Crippen LogP contribution in [0.1, 0.15) is 16.2 Å². The van der Waals surface area contributed by atoms with Crippen molar-refractivity contribution in [3.8, 4) is 11.5 Å². The molecule has 3 rings (SSSR count). The number of carbonyl (C=O) groups is 1. The van der Waals surface area contributed by atoms with E-state index in [0.717, 1.165) is 5.69 Å². The summed E-state index contributed by atoms with van der Waals surface area (Å²) >= 11 is 0. The molecule has 0 spiro atoms. The van der Waals surface area contributed by atoms with Gasteiger partial charge in [-0.2, -0.15) is 5.10 Å². The molecule has 3 aromatic rings. The minimum Gasteiger partial charge on any atom is -0.467 e. The highest BCUT2D eigenvalue weighted by molar-refractivity contribution is 5.93. The molecule has 6 heteroatoms. The average molecular weight is 271 g/mol. The van der Waals surface area contributed by atoms with Crippen LogP contribution < -0.4 is 5.32 Å². The minimum absolute atomic E-state index is 0.255. The fourth-order valence-electron chi connectivity index (χ4n) is 1.90. The number of nitrogens with zero attached hydrogens (tertiary/aromatic N) is 2. The first-order chi connectivity index (χ1) is 9.74. The first-order valence-corrected chi connectivity index (χ1v) is 6.12. The van der Waals surface area contributed by atoms with E-state index in [1.165, 1.54) is 0 Å². The zero-order valence-corrected chi connectivity index (χ0v) is 10.9. The zero-order chi connectivity index (χ0) is 13.9. The van der Waals surface area contributed by atoms with Crippen LogP contribution in [0.25, 0.3) is 11.5 Å². The lowest BCUT2D eigenvalue weighted by molar-refractivity contribution is 0.0942. The van der Waals surface area contributed by atoms with E-state index in [1.807, 2.05) is 6.07 Å². The van der Waals surface area contributed by atoms with E-state index in [2.05, 4.69) is 10.4 Å². The molecule has 0 aliphatic carbocycles. The second kappa shape index (κ2) is 5.08. The van der Waals surface area contributed by atoms with Gasteiger partial charge in [0.05, 0.1) is 19.1 Å². The molecule has 0 aliphatic heterocycles. The first kappa shape index (κ1) is 12.3. The lowest BCUT2D eigenvalue weighted by Crippen LogP contribution is -2.23. The van der Waals surface area contributed by atoms with Crippen LogP contribution >= 0.6 is 0 Å². The molecule has 0 bridgehead atoms. The Labute approximate surface area is 115 Å². The molecule has 102 valence electrons. The van der Waals surface area contributed by atoms with E-state index in [0.29, 0.717) is 23.8 Å². The molecule has 0 radical (unpaired) electrons. The number of nitrogens with one attached hydrogen (secondary N) is 1. The van der Waals surface area contributed by atoms with Crippen LogP contribution in [0.2, 0.25) is 0 Å². The van der Waals surface area contributed by atoms with Crippen LogP contribution in [0.5, 0.6) is 0 Å². The van der Waals surface area contributed by atoms with Crippen molar-refractivity contribution in [2.24, 2.45) is 7.05 Å². The summed E-state index contributed by atoms with van der Waals surface area (Å²) in [5.74, 6) is 1.11. The predicted molar refractivity (Wildman–Crippen MR) is 70.8 cm³/mol. The van der Waals surface area contributed by atoms with Gasteiger partial charge in [0, 0.05) is 13.1 Å². The lowest BCUT2D eigenvalue weighted by Gasteiger charge is -1.99. The molecule has 0 aliphatic rings. The van der Waals surface area contributed by atoms with Gasteiger partial charge < -0.3 is 14.2 Å². The largest absolute Gasteiger partial charge is 0.467 e. The molecular formula is C14H13N3O3. The Hall–Kier alpha value is -2.76. The predicted octanol–water partition coefficient (Wildman–Crippen LogP) is 2.20. The maximum Gasteiger partial charge on any atom is 0.272 e. The number of furan rings is 2. The SMILES string of the molecule is Cn1nc(C(=O)NCc2ccco2)cc1-c1ccco1. The number of amides is 1. The maximum atomic E-state index is 12.0. The van der Waals surface area contributed by atoms with Crippen molar-refractivity contribution >= 4 is 5.91 Å². The Balaban J connectivity index is 1.74. The Bertz CT molecular complexity index is 696. The molecule has 6 nitrogen and oxygen atoms in total. The molecule has 20 heavy (non-hydrogen) atoms. The summed E-state index contributed by atoms with van der Waals surface area (Å²) in [4.78, 5) is 12.0. The van der Waals surface area contributed by atoms with E-state index in [4.69, 9.17) is 8.83 Å². The van der Waals surface area contributed by atoms with Gasteiger partial charge in [-0.3, -0.25) is 9.48 Å². The normalized spacial score (nSPS) is 10.7. The molecule has 0 fully saturated rings. The Morgan fingerprint density at radius 2 is 2.10 bits per heavy atom. The lowest BCUT2D eigenvalue weighted by atomic mass is 10.3. The van der Waals surface area contributed by atoms with Crippen molar-refractivity contribution in [2.45, 2.75) is 6.54 Å². The van der Waals surface area contributed by atoms with E-state index in [-0.39, 0.29) is 5.91 Å². The van der Waals surface area contributed by atoms with E-state index < -0.39 is 0 Å². The molecule has 0 saturated carbocycles. The summed E-state index contributed by atoms with van der Waals surface area (Å²) in [6, 6.07) is 8.88. The standard InChI is InChI=1S/C14H13N3O3/c1-17-12(13-5-3-7-20-13)8-11(16-17)14(18)15-9-10-4-2-6-19-10/h2-8H,9H2,1H3,(H,15,18). The second-order valence-electron chi connectivity index (χ2n) is 4.28. The average Bonchev–Trinajstić information content (AvgIpc) is 3.17. The first-order valence-electron chi connectivity index (χ1n) is 6.12. The summed E-state index contributed by atoms with van der Waals surface area (Å²) in [6.07, 6.45) is 3.15. The molecule has 3 heterocycles. The molecule has 0 saturated heterocycles. The summed E-state index contributed by atoms with van der Waals surface area (Å²) in [5.41, 5.74) is 1.09. The van der Waals surface area contributed by atoms with Gasteiger partial charge in [0.25, 0.3) is 5.91 Å². The van der Waals surface area contributed by atoms with Crippen molar-refractivity contribution < 1.29 is 13.6 Å². The number of aryl methyl sites for hydroxylation is 1. The summed E-state index contributed by atoms with van der Waals surface area (Å²) < 4.78 is 12.1. The molecule has 0 atom stereocenters. The molecule has 3 aromatic heterocycles. The number of hydrogen-bond donors (Lipinski definition) is 1. The van der Waals surface area contributed by atoms with E-state index in [9.17, 15) is 4.79 Å². The Kier molecular flexibility index (Phi) is 3.12. The third kappa shape index (κ3) is 2.35. The highest BCUT2D eigenvalue weighted by atomic mass is 16.3. The summed E-state index contributed by atoms with van der Waals surface area (Å²) in [5, 5.41) is 6.93. The van der Waals surface area contributed by atoms with Gasteiger partial charge in [0.1, 0.15) is 11.5 Å². The van der Waals surface area contributed by atoms with Crippen LogP contribution in [0.3, 0.4) is 0 Å². The monoisotopic (exact) mass is 271 g/mol. The third-order valence-corrected chi connectivity index (χ3v) is 2.89. The molecular weight excluding hydrogens is 258 g/mol. The Morgan fingerprint density at radius 1 is 1.30 bits per heavy atom. The number of carbonyl (C=O) groups excluding carboxylic acids is 1. The minimum atomic E-state index is -0.255. The van der Waals surface area contributed by atoms with Crippen molar-refractivity contribution in [2.75, 3.05) is 0 Å². The van der Waals surface area contributed by atoms with Crippen LogP contribution in [0, 0.1) is 0 Å². The van der Waals surface area contributed by atoms with E-state index in [1.54, 1.807) is 48.5 Å². The van der Waals surface area contributed by atoms with Crippen LogP contribution in [0.4, 0.5) is 0 Å². The topological polar surface area (TPSA) is 73.2 Å². The van der Waals surface area contributed by atoms with Crippen LogP contribution in [-0.4, -0.2) is 15.7 Å². The van der Waals surface area contributed by atoms with Gasteiger partial charge in [0.2, 0.25) is 0 Å². The van der Waals surface area contributed by atoms with Crippen LogP contribution in [0.15, 0.2) is 51.7 Å². The van der Waals surface area contributed by atoms with Crippen molar-refractivity contribution in [1.29, 1.82) is 0 Å². The van der Waals surface area contributed by atoms with Gasteiger partial charge in [0.15, 0.2) is 11.5 Å². The molecule has 1 amide bonds. The summed E-state index contributed by atoms with van der Waals surface area (Å²) in [6.45, 7) is 0.332. The smallest absolute Gasteiger partial charge is 0.272 e. The van der Waals surface area contributed by atoms with Gasteiger partial charge in [-0.05, 0) is 24.3 Å². The number of rotatable bonds is 4. The van der Waals surface area contributed by atoms with Gasteiger partial charge in [-0.15, -0.1) is 0 Å². The van der Waals surface area contributed by atoms with Gasteiger partial charge in [-0.25, -0.2) is 0 Å². The summed E-state index contributed by atoms with van der Waals surface area (Å²) in [7, 11) is 1.77. The van der Waals surface area contributed by atoms with Crippen molar-refractivity contribution in [3.63, 3.8) is 0 Å². The molecule has 1 N–H and O–H groups in total. The van der Waals surface area contributed by atoms with Gasteiger partial charge >= 0.3 is 0 Å². The molecule has 0 aromatic carbocycles. The number of hydrogen-bond acceptors (Lipinski definition) is 4. The highest BCUT2D eigenvalue weighted by Gasteiger charge is 2.15. The van der Waals surface area contributed by atoms with Crippen LogP contribution in [-0.2, 0) is 13.6 Å². The highest BCUT2D eigenvalue weighted by Crippen LogP contribution is 2.20. The molecule has 0 unspecified atom stereocenters. The third-order valence-electron chi connectivity index (χ3n) is 2.89. The quantitative estimate of drug-likeness (QED) is 0.789. The Morgan fingerprint density at radius 3 is 2.80 bits per heavy atom. The fraction of sp³-hybridized carbons (Fsp3) is 0.143. The fourth-order valence-corrected chi connectivity index (χ4v) is 1.90. The number of aromatic nitrogens is 2. The zero-order valence-electron chi connectivity index (χ0n) is 10.9.